The lowest BCUT2D eigenvalue weighted by Gasteiger charge is -2.16. The summed E-state index contributed by atoms with van der Waals surface area (Å²) in [6.07, 6.45) is 0. The van der Waals surface area contributed by atoms with Crippen molar-refractivity contribution >= 4 is 11.8 Å². The number of benzene rings is 1. The summed E-state index contributed by atoms with van der Waals surface area (Å²) in [7, 11) is 0. The van der Waals surface area contributed by atoms with E-state index in [-0.39, 0.29) is 0 Å². The third-order valence-electron chi connectivity index (χ3n) is 1.73. The minimum Gasteiger partial charge on any atom is -0.390 e. The van der Waals surface area contributed by atoms with Crippen LogP contribution >= 0.6 is 11.8 Å². The normalized spacial score (nSPS) is 11.7. The Kier molecular flexibility index (Phi) is 3.98. The molecule has 0 radical (unpaired) electrons. The Bertz CT molecular complexity index is 294. The topological polar surface area (TPSA) is 46.2 Å². The van der Waals surface area contributed by atoms with Crippen LogP contribution in [0.3, 0.4) is 0 Å². The van der Waals surface area contributed by atoms with Crippen molar-refractivity contribution in [3.05, 3.63) is 29.8 Å². The summed E-state index contributed by atoms with van der Waals surface area (Å²) in [5.41, 5.74) is 6.05. The van der Waals surface area contributed by atoms with Crippen molar-refractivity contribution < 1.29 is 5.11 Å². The maximum Gasteiger partial charge on any atom is 0.0685 e. The van der Waals surface area contributed by atoms with Crippen molar-refractivity contribution in [1.29, 1.82) is 0 Å². The molecule has 0 saturated heterocycles. The van der Waals surface area contributed by atoms with Crippen molar-refractivity contribution in [3.63, 3.8) is 0 Å². The largest absolute Gasteiger partial charge is 0.390 e. The fraction of sp³-hybridized carbons (Fsp3) is 0.455. The first kappa shape index (κ1) is 11.6. The molecule has 0 aliphatic carbocycles. The van der Waals surface area contributed by atoms with Crippen molar-refractivity contribution in [2.45, 2.75) is 30.9 Å². The molecule has 0 unspecified atom stereocenters. The highest BCUT2D eigenvalue weighted by Gasteiger charge is 2.12. The molecule has 0 fully saturated rings. The molecule has 0 atom stereocenters. The van der Waals surface area contributed by atoms with Crippen LogP contribution in [0.5, 0.6) is 0 Å². The number of hydrogen-bond acceptors (Lipinski definition) is 3. The lowest BCUT2D eigenvalue weighted by Crippen LogP contribution is -2.21. The first-order valence-electron chi connectivity index (χ1n) is 4.65. The van der Waals surface area contributed by atoms with E-state index >= 15 is 0 Å². The second-order valence-corrected chi connectivity index (χ2v) is 5.00. The second kappa shape index (κ2) is 4.82. The van der Waals surface area contributed by atoms with Crippen molar-refractivity contribution in [1.82, 2.24) is 0 Å². The zero-order valence-corrected chi connectivity index (χ0v) is 9.47. The Morgan fingerprint density at radius 2 is 2.14 bits per heavy atom. The van der Waals surface area contributed by atoms with Gasteiger partial charge in [0.2, 0.25) is 0 Å². The third-order valence-corrected chi connectivity index (χ3v) is 3.16. The zero-order chi connectivity index (χ0) is 10.6. The molecule has 2 nitrogen and oxygen atoms in total. The van der Waals surface area contributed by atoms with Crippen molar-refractivity contribution in [2.75, 3.05) is 5.75 Å². The zero-order valence-electron chi connectivity index (χ0n) is 8.66. The molecule has 0 aliphatic rings. The Morgan fingerprint density at radius 3 is 2.71 bits per heavy atom. The molecule has 1 aromatic carbocycles. The Balaban J connectivity index is 2.59. The van der Waals surface area contributed by atoms with E-state index in [0.29, 0.717) is 12.3 Å². The van der Waals surface area contributed by atoms with Gasteiger partial charge in [-0.25, -0.2) is 0 Å². The number of hydrogen-bond donors (Lipinski definition) is 2. The first-order valence-corrected chi connectivity index (χ1v) is 5.64. The SMILES string of the molecule is CC(C)(O)CSc1cccc(CN)c1. The van der Waals surface area contributed by atoms with Gasteiger partial charge < -0.3 is 10.8 Å². The van der Waals surface area contributed by atoms with E-state index in [4.69, 9.17) is 5.73 Å². The van der Waals surface area contributed by atoms with Gasteiger partial charge in [-0.15, -0.1) is 11.8 Å². The molecule has 0 aromatic heterocycles. The van der Waals surface area contributed by atoms with E-state index in [2.05, 4.69) is 6.07 Å². The number of aliphatic hydroxyl groups is 1. The minimum absolute atomic E-state index is 0.566. The Morgan fingerprint density at radius 1 is 1.43 bits per heavy atom. The summed E-state index contributed by atoms with van der Waals surface area (Å²) >= 11 is 1.65. The van der Waals surface area contributed by atoms with Crippen LogP contribution in [0.2, 0.25) is 0 Å². The van der Waals surface area contributed by atoms with Gasteiger partial charge in [0.15, 0.2) is 0 Å². The van der Waals surface area contributed by atoms with Crippen LogP contribution in [0.15, 0.2) is 29.2 Å². The second-order valence-electron chi connectivity index (χ2n) is 3.95. The molecule has 0 aliphatic heterocycles. The van der Waals surface area contributed by atoms with Gasteiger partial charge in [0.05, 0.1) is 5.60 Å². The number of nitrogens with two attached hydrogens (primary N) is 1. The van der Waals surface area contributed by atoms with Gasteiger partial charge >= 0.3 is 0 Å². The molecule has 14 heavy (non-hydrogen) atoms. The number of rotatable bonds is 4. The molecule has 1 aromatic rings. The number of thioether (sulfide) groups is 1. The van der Waals surface area contributed by atoms with E-state index in [9.17, 15) is 5.11 Å². The first-order chi connectivity index (χ1) is 6.51. The van der Waals surface area contributed by atoms with Crippen LogP contribution in [0.1, 0.15) is 19.4 Å². The summed E-state index contributed by atoms with van der Waals surface area (Å²) in [4.78, 5) is 1.16. The predicted molar refractivity (Wildman–Crippen MR) is 61.4 cm³/mol. The van der Waals surface area contributed by atoms with Crippen LogP contribution in [-0.4, -0.2) is 16.5 Å². The minimum atomic E-state index is -0.622. The van der Waals surface area contributed by atoms with E-state index in [1.54, 1.807) is 11.8 Å². The molecule has 0 amide bonds. The molecule has 0 heterocycles. The standard InChI is InChI=1S/C11H17NOS/c1-11(2,13)8-14-10-5-3-4-9(6-10)7-12/h3-6,13H,7-8,12H2,1-2H3. The molecule has 1 rings (SSSR count). The molecular weight excluding hydrogens is 194 g/mol. The summed E-state index contributed by atoms with van der Waals surface area (Å²) in [5.74, 6) is 0.695. The van der Waals surface area contributed by atoms with Gasteiger partial charge in [0.1, 0.15) is 0 Å². The summed E-state index contributed by atoms with van der Waals surface area (Å²) in [5, 5.41) is 9.56. The van der Waals surface area contributed by atoms with E-state index in [1.165, 1.54) is 0 Å². The highest BCUT2D eigenvalue weighted by atomic mass is 32.2. The smallest absolute Gasteiger partial charge is 0.0685 e. The monoisotopic (exact) mass is 211 g/mol. The van der Waals surface area contributed by atoms with Crippen LogP contribution < -0.4 is 5.73 Å². The molecule has 3 N–H and O–H groups in total. The van der Waals surface area contributed by atoms with Gasteiger partial charge in [-0.2, -0.15) is 0 Å². The van der Waals surface area contributed by atoms with E-state index in [0.717, 1.165) is 10.5 Å². The quantitative estimate of drug-likeness (QED) is 0.749. The van der Waals surface area contributed by atoms with E-state index < -0.39 is 5.60 Å². The van der Waals surface area contributed by atoms with Gasteiger partial charge in [-0.3, -0.25) is 0 Å². The molecule has 0 saturated carbocycles. The molecule has 78 valence electrons. The molecule has 0 bridgehead atoms. The molecule has 0 spiro atoms. The fourth-order valence-electron chi connectivity index (χ4n) is 1.02. The lowest BCUT2D eigenvalue weighted by atomic mass is 10.2. The fourth-order valence-corrected chi connectivity index (χ4v) is 1.95. The Hall–Kier alpha value is -0.510. The maximum absolute atomic E-state index is 9.56. The Labute approximate surface area is 89.5 Å². The summed E-state index contributed by atoms with van der Waals surface area (Å²) in [6, 6.07) is 8.11. The lowest BCUT2D eigenvalue weighted by molar-refractivity contribution is 0.107. The highest BCUT2D eigenvalue weighted by molar-refractivity contribution is 7.99. The van der Waals surface area contributed by atoms with Crippen LogP contribution in [0.4, 0.5) is 0 Å². The van der Waals surface area contributed by atoms with Gasteiger partial charge in [0, 0.05) is 17.2 Å². The van der Waals surface area contributed by atoms with Gasteiger partial charge in [0.25, 0.3) is 0 Å². The van der Waals surface area contributed by atoms with E-state index in [1.807, 2.05) is 32.0 Å². The summed E-state index contributed by atoms with van der Waals surface area (Å²) < 4.78 is 0. The van der Waals surface area contributed by atoms with Crippen LogP contribution in [0.25, 0.3) is 0 Å². The third kappa shape index (κ3) is 4.13. The van der Waals surface area contributed by atoms with Gasteiger partial charge in [-0.05, 0) is 31.5 Å². The van der Waals surface area contributed by atoms with Crippen LogP contribution in [0, 0.1) is 0 Å². The van der Waals surface area contributed by atoms with Crippen molar-refractivity contribution in [3.8, 4) is 0 Å². The summed E-state index contributed by atoms with van der Waals surface area (Å²) in [6.45, 7) is 4.19. The highest BCUT2D eigenvalue weighted by Crippen LogP contribution is 2.23. The average Bonchev–Trinajstić information content (AvgIpc) is 2.14. The average molecular weight is 211 g/mol. The predicted octanol–water partition coefficient (Wildman–Crippen LogP) is 2.01. The molecular formula is C11H17NOS. The molecule has 3 heteroatoms. The van der Waals surface area contributed by atoms with Crippen LogP contribution in [-0.2, 0) is 6.54 Å². The van der Waals surface area contributed by atoms with Crippen molar-refractivity contribution in [2.24, 2.45) is 5.73 Å². The maximum atomic E-state index is 9.56. The van der Waals surface area contributed by atoms with Gasteiger partial charge in [-0.1, -0.05) is 12.1 Å².